The van der Waals surface area contributed by atoms with Crippen LogP contribution in [0, 0.1) is 0 Å². The maximum Gasteiger partial charge on any atom is 4.00 e. The molecule has 302 valence electrons. The van der Waals surface area contributed by atoms with Crippen molar-refractivity contribution < 1.29 is 301 Å². The molecule has 0 aliphatic rings. The molecular formula is H50Mo7N6O28-12. The molecule has 41 heavy (non-hydrogen) atoms. The van der Waals surface area contributed by atoms with Gasteiger partial charge in [-0.05, 0) is 0 Å². The van der Waals surface area contributed by atoms with E-state index in [1.165, 1.54) is 0 Å². The van der Waals surface area contributed by atoms with E-state index in [4.69, 9.17) is 0 Å². The van der Waals surface area contributed by atoms with Crippen molar-refractivity contribution in [3.05, 3.63) is 0 Å². The summed E-state index contributed by atoms with van der Waals surface area (Å²) in [5.41, 5.74) is 0. The van der Waals surface area contributed by atoms with Gasteiger partial charge in [0.2, 0.25) is 0 Å². The van der Waals surface area contributed by atoms with E-state index in [-0.39, 0.29) is 338 Å². The Morgan fingerprint density at radius 1 is 0.122 bits per heavy atom. The number of hydrogen-bond acceptors (Lipinski definition) is 30. The Morgan fingerprint density at radius 2 is 0.122 bits per heavy atom. The molecule has 50 N–H and O–H groups in total. The van der Waals surface area contributed by atoms with Crippen molar-refractivity contribution >= 4 is 0 Å². The number of hydrogen-bond donors (Lipinski definition) is 6. The summed E-state index contributed by atoms with van der Waals surface area (Å²) < 4.78 is 0. The van der Waals surface area contributed by atoms with Gasteiger partial charge in [-0.15, -0.1) is 0 Å². The van der Waals surface area contributed by atoms with Gasteiger partial charge < -0.3 is 190 Å². The minimum absolute atomic E-state index is 0. The van der Waals surface area contributed by atoms with Crippen molar-refractivity contribution in [1.29, 1.82) is 0 Å². The van der Waals surface area contributed by atoms with Crippen LogP contribution >= 0.6 is 0 Å². The fourth-order valence-corrected chi connectivity index (χ4v) is 0. The van der Waals surface area contributed by atoms with Gasteiger partial charge in [-0.1, -0.05) is 0 Å². The zero-order valence-electron chi connectivity index (χ0n) is 19.8. The van der Waals surface area contributed by atoms with Crippen LogP contribution < -0.4 is 36.9 Å². The van der Waals surface area contributed by atoms with Crippen molar-refractivity contribution in [2.24, 2.45) is 0 Å². The van der Waals surface area contributed by atoms with Crippen molar-refractivity contribution in [2.45, 2.75) is 0 Å². The summed E-state index contributed by atoms with van der Waals surface area (Å²) in [7, 11) is 0. The van der Waals surface area contributed by atoms with E-state index >= 15 is 0 Å². The predicted octanol–water partition coefficient (Wildman–Crippen LogP) is -6.59. The van der Waals surface area contributed by atoms with Crippen LogP contribution in [0.5, 0.6) is 0 Å². The molecule has 0 radical (unpaired) electrons. The van der Waals surface area contributed by atoms with Crippen molar-refractivity contribution in [3.63, 3.8) is 0 Å². The van der Waals surface area contributed by atoms with E-state index in [1.54, 1.807) is 0 Å². The maximum atomic E-state index is 0. The fraction of sp³-hybridized carbons (Fsp3) is 0. The van der Waals surface area contributed by atoms with Gasteiger partial charge in [0.25, 0.3) is 0 Å². The minimum atomic E-state index is 0. The Morgan fingerprint density at radius 3 is 0.122 bits per heavy atom. The molecule has 0 aromatic rings. The average molecular weight is 1250 g/mol. The van der Waals surface area contributed by atoms with Gasteiger partial charge in [-0.25, -0.2) is 0 Å². The van der Waals surface area contributed by atoms with Gasteiger partial charge in [-0.3, -0.25) is 0 Å². The summed E-state index contributed by atoms with van der Waals surface area (Å²) in [6, 6.07) is 0. The van der Waals surface area contributed by atoms with E-state index in [1.807, 2.05) is 0 Å². The molecule has 0 heterocycles. The first kappa shape index (κ1) is 7020. The summed E-state index contributed by atoms with van der Waals surface area (Å²) in [5, 5.41) is 0. The van der Waals surface area contributed by atoms with E-state index in [2.05, 4.69) is 0 Å². The monoisotopic (exact) mass is 1270 g/mol. The van der Waals surface area contributed by atoms with Gasteiger partial charge in [0.15, 0.2) is 0 Å². The largest absolute Gasteiger partial charge is 4.00 e. The predicted molar refractivity (Wildman–Crippen MR) is 91.0 cm³/mol. The van der Waals surface area contributed by atoms with Crippen molar-refractivity contribution in [1.82, 2.24) is 36.9 Å². The van der Waals surface area contributed by atoms with Crippen LogP contribution in [0.4, 0.5) is 0 Å². The topological polar surface area (TPSA) is 1060 Å². The van der Waals surface area contributed by atoms with Crippen molar-refractivity contribution in [3.8, 4) is 0 Å². The minimum Gasteiger partial charge on any atom is -0.870 e. The SMILES string of the molecule is N.N.N.N.N.N.O.O.O.O.[Mo+4].[Mo+4].[Mo+4].[Mo].[Mo].[Mo].[Mo].[OH-].[OH-].[OH-].[OH-].[OH-].[OH-].[OH-].[OH-].[OH-].[OH-].[OH-].[OH-].[OH-].[OH-].[OH-].[OH-].[OH-].[OH-].[OH-].[OH-].[OH-].[OH-].[OH-].[OH-]. The zero-order valence-corrected chi connectivity index (χ0v) is 33.9. The Bertz CT molecular complexity index is 49.9. The summed E-state index contributed by atoms with van der Waals surface area (Å²) in [4.78, 5) is 0. The zero-order chi connectivity index (χ0) is 0. The molecule has 0 aromatic carbocycles. The van der Waals surface area contributed by atoms with Gasteiger partial charge in [0.05, 0.1) is 0 Å². The molecule has 0 amide bonds. The maximum absolute atomic E-state index is 0. The van der Waals surface area contributed by atoms with Crippen LogP contribution in [0.15, 0.2) is 0 Å². The molecule has 41 heteroatoms. The Balaban J connectivity index is 0. The third-order valence-electron chi connectivity index (χ3n) is 0. The quantitative estimate of drug-likeness (QED) is 0.123. The molecule has 0 bridgehead atoms. The van der Waals surface area contributed by atoms with Gasteiger partial charge >= 0.3 is 63.2 Å². The van der Waals surface area contributed by atoms with Crippen LogP contribution in [0.25, 0.3) is 0 Å². The average Bonchev–Trinajstić information content (AvgIpc) is 0. The smallest absolute Gasteiger partial charge is 0.870 e. The third kappa shape index (κ3) is 6250. The second-order valence-corrected chi connectivity index (χ2v) is 0. The first-order valence-corrected chi connectivity index (χ1v) is 0. The Labute approximate surface area is 334 Å². The molecule has 0 spiro atoms. The molecule has 0 fully saturated rings. The Hall–Kier alpha value is 3.46. The Kier molecular flexibility index (Phi) is 1120000. The van der Waals surface area contributed by atoms with Crippen LogP contribution in [-0.2, 0) is 147 Å². The molecule has 0 aliphatic carbocycles. The molecular weight excluding hydrogens is 1200 g/mol. The molecule has 0 aliphatic heterocycles. The molecule has 0 atom stereocenters. The first-order valence-electron chi connectivity index (χ1n) is 0. The second kappa shape index (κ2) is 6550. The molecule has 34 nitrogen and oxygen atoms in total. The molecule has 0 unspecified atom stereocenters. The van der Waals surface area contributed by atoms with E-state index in [9.17, 15) is 0 Å². The van der Waals surface area contributed by atoms with Crippen LogP contribution in [-0.4, -0.2) is 153 Å². The molecule has 0 rings (SSSR count). The number of rotatable bonds is 0. The molecule has 0 saturated carbocycles. The summed E-state index contributed by atoms with van der Waals surface area (Å²) in [5.74, 6) is 0. The normalized spacial score (nSPS) is 0. The summed E-state index contributed by atoms with van der Waals surface area (Å²) in [6.07, 6.45) is 0. The molecule has 0 saturated heterocycles. The van der Waals surface area contributed by atoms with E-state index in [0.29, 0.717) is 0 Å². The van der Waals surface area contributed by atoms with Gasteiger partial charge in [0.1, 0.15) is 0 Å². The molecule has 0 aromatic heterocycles. The third-order valence-corrected chi connectivity index (χ3v) is 0. The van der Waals surface area contributed by atoms with Crippen molar-refractivity contribution in [2.75, 3.05) is 0 Å². The van der Waals surface area contributed by atoms with E-state index in [0.717, 1.165) is 0 Å². The summed E-state index contributed by atoms with van der Waals surface area (Å²) >= 11 is 0. The van der Waals surface area contributed by atoms with Crippen LogP contribution in [0.3, 0.4) is 0 Å². The van der Waals surface area contributed by atoms with E-state index < -0.39 is 0 Å². The van der Waals surface area contributed by atoms with Gasteiger partial charge in [-0.2, -0.15) is 0 Å². The fourth-order valence-electron chi connectivity index (χ4n) is 0. The van der Waals surface area contributed by atoms with Crippen LogP contribution in [0.1, 0.15) is 0 Å². The first-order chi connectivity index (χ1) is 0. The van der Waals surface area contributed by atoms with Gasteiger partial charge in [0, 0.05) is 84.3 Å². The second-order valence-electron chi connectivity index (χ2n) is 0. The standard InChI is InChI=1S/7Mo.6H3N.28H2O/h;;;;;;;6*1H3;28*1H2/q;;;;3*+4;;;;;;;;;;;;;;;;;;;;;;;;;;;;;;;;;;/p-24. The van der Waals surface area contributed by atoms with Crippen LogP contribution in [0.2, 0.25) is 0 Å². The summed E-state index contributed by atoms with van der Waals surface area (Å²) in [6.45, 7) is 0.